The topological polar surface area (TPSA) is 552 Å². The van der Waals surface area contributed by atoms with Gasteiger partial charge in [-0.25, -0.2) is 50.5 Å². The molecule has 6 N–H and O–H groups in total. The van der Waals surface area contributed by atoms with Crippen LogP contribution in [0.25, 0.3) is 12.2 Å². The van der Waals surface area contributed by atoms with Crippen molar-refractivity contribution < 1.29 is 330 Å². The number of ketones is 2. The zero-order valence-electron chi connectivity index (χ0n) is 47.3. The van der Waals surface area contributed by atoms with Gasteiger partial charge in [0, 0.05) is 11.4 Å². The van der Waals surface area contributed by atoms with Crippen LogP contribution >= 0.6 is 23.2 Å². The summed E-state index contributed by atoms with van der Waals surface area (Å²) in [6.45, 7) is 0. The van der Waals surface area contributed by atoms with Crippen LogP contribution < -0.4 is 275 Å². The van der Waals surface area contributed by atoms with E-state index in [1.54, 1.807) is 0 Å². The number of hydrazone groups is 2. The third kappa shape index (κ3) is 21.1. The molecule has 34 nitrogen and oxygen atoms in total. The summed E-state index contributed by atoms with van der Waals surface area (Å²) < 4.78 is 220. The number of para-hydroxylation sites is 2. The van der Waals surface area contributed by atoms with E-state index in [0.717, 1.165) is 36.4 Å². The zero-order chi connectivity index (χ0) is 62.6. The largest absolute Gasteiger partial charge is 1.00 e. The number of aromatic nitrogens is 6. The van der Waals surface area contributed by atoms with E-state index in [1.807, 2.05) is 0 Å². The molecule has 0 amide bonds. The summed E-state index contributed by atoms with van der Waals surface area (Å²) in [6.07, 6.45) is 1.01. The van der Waals surface area contributed by atoms with Gasteiger partial charge in [0.2, 0.25) is 45.9 Å². The summed E-state index contributed by atoms with van der Waals surface area (Å²) in [5, 5.41) is 16.7. The Hall–Kier alpha value is -0.971. The van der Waals surface area contributed by atoms with Crippen LogP contribution in [-0.2, 0) is 60.7 Å². The number of nitrogens with one attached hydrogen (secondary N) is 6. The summed E-state index contributed by atoms with van der Waals surface area (Å²) in [5.41, 5.74) is -2.73. The average Bonchev–Trinajstić information content (AvgIpc) is 0.758. The molecule has 0 aliphatic heterocycles. The van der Waals surface area contributed by atoms with Crippen molar-refractivity contribution in [3.05, 3.63) is 140 Å². The first-order valence-electron chi connectivity index (χ1n) is 22.5. The molecule has 0 saturated carbocycles. The Morgan fingerprint density at radius 2 is 0.685 bits per heavy atom. The smallest absolute Gasteiger partial charge is 0.744 e. The maximum atomic E-state index is 14.1. The van der Waals surface area contributed by atoms with E-state index in [4.69, 9.17) is 23.2 Å². The van der Waals surface area contributed by atoms with Crippen molar-refractivity contribution in [1.29, 1.82) is 0 Å². The van der Waals surface area contributed by atoms with Crippen molar-refractivity contribution in [3.63, 3.8) is 0 Å². The maximum Gasteiger partial charge on any atom is 1.00 e. The summed E-state index contributed by atoms with van der Waals surface area (Å²) in [4.78, 5) is 45.6. The molecule has 0 saturated heterocycles. The Labute approximate surface area is 724 Å². The van der Waals surface area contributed by atoms with Crippen LogP contribution in [0.1, 0.15) is 31.8 Å². The molecule has 446 valence electrons. The number of Topliss-reactive ketones (excluding diaryl/α,β-unsaturated/α-hetero) is 2. The maximum absolute atomic E-state index is 14.1. The molecule has 7 aromatic rings. The molecular formula is C44H24Cl2K3N14Na3O20S6. The number of fused-ring (bicyclic) bond motifs is 2. The Morgan fingerprint density at radius 1 is 0.380 bits per heavy atom. The van der Waals surface area contributed by atoms with E-state index in [1.165, 1.54) is 36.4 Å². The fourth-order valence-electron chi connectivity index (χ4n) is 7.81. The van der Waals surface area contributed by atoms with Crippen molar-refractivity contribution in [3.8, 4) is 0 Å². The van der Waals surface area contributed by atoms with Gasteiger partial charge >= 0.3 is 243 Å². The average molecular weight is 1520 g/mol. The number of halogens is 2. The summed E-state index contributed by atoms with van der Waals surface area (Å²) in [6, 6.07) is 16.5. The van der Waals surface area contributed by atoms with Crippen LogP contribution in [0.4, 0.5) is 57.9 Å². The first-order chi connectivity index (χ1) is 40.0. The van der Waals surface area contributed by atoms with Crippen molar-refractivity contribution in [1.82, 2.24) is 29.9 Å². The monoisotopic (exact) mass is 1520 g/mol. The Kier molecular flexibility index (Phi) is 31.4. The minimum Gasteiger partial charge on any atom is -0.744 e. The van der Waals surface area contributed by atoms with Gasteiger partial charge in [0.1, 0.15) is 72.1 Å². The summed E-state index contributed by atoms with van der Waals surface area (Å²) in [5.74, 6) is -4.72. The zero-order valence-corrected chi connectivity index (χ0v) is 69.1. The van der Waals surface area contributed by atoms with Crippen LogP contribution in [0, 0.1) is 0 Å². The fraction of sp³-hybridized carbons (Fsp3) is 0. The van der Waals surface area contributed by atoms with Gasteiger partial charge in [0.15, 0.2) is 0 Å². The van der Waals surface area contributed by atoms with Crippen molar-refractivity contribution in [2.75, 3.05) is 32.1 Å². The van der Waals surface area contributed by atoms with E-state index < -0.39 is 181 Å². The van der Waals surface area contributed by atoms with E-state index in [-0.39, 0.29) is 266 Å². The Balaban J connectivity index is 0.00000368. The minimum absolute atomic E-state index is 0. The number of benzene rings is 5. The number of nitrogens with zero attached hydrogens (tertiary/aromatic N) is 8. The van der Waals surface area contributed by atoms with Crippen LogP contribution in [0.5, 0.6) is 0 Å². The molecule has 92 heavy (non-hydrogen) atoms. The number of allylic oxidation sites excluding steroid dienone is 2. The molecule has 0 spiro atoms. The minimum atomic E-state index is -5.68. The second-order valence-electron chi connectivity index (χ2n) is 17.0. The van der Waals surface area contributed by atoms with Crippen molar-refractivity contribution in [2.24, 2.45) is 10.2 Å². The second-order valence-corrected chi connectivity index (χ2v) is 25.8. The van der Waals surface area contributed by atoms with Crippen LogP contribution in [0.3, 0.4) is 0 Å². The Bertz CT molecular complexity index is 4690. The van der Waals surface area contributed by atoms with E-state index in [9.17, 15) is 87.4 Å². The third-order valence-corrected chi connectivity index (χ3v) is 16.8. The molecular weight excluding hydrogens is 1490 g/mol. The molecule has 0 bridgehead atoms. The van der Waals surface area contributed by atoms with E-state index in [2.05, 4.69) is 72.2 Å². The van der Waals surface area contributed by atoms with Crippen LogP contribution in [0.2, 0.25) is 10.6 Å². The van der Waals surface area contributed by atoms with Gasteiger partial charge in [-0.2, -0.15) is 40.1 Å². The van der Waals surface area contributed by atoms with Gasteiger partial charge in [-0.1, -0.05) is 24.3 Å². The molecule has 5 aromatic carbocycles. The van der Waals surface area contributed by atoms with Crippen molar-refractivity contribution >= 4 is 177 Å². The Morgan fingerprint density at radius 3 is 0.978 bits per heavy atom. The molecule has 0 fully saturated rings. The molecule has 0 atom stereocenters. The molecule has 2 aromatic heterocycles. The van der Waals surface area contributed by atoms with Gasteiger partial charge in [0.25, 0.3) is 0 Å². The number of anilines is 10. The first-order valence-corrected chi connectivity index (χ1v) is 31.7. The molecule has 9 rings (SSSR count). The van der Waals surface area contributed by atoms with Gasteiger partial charge in [0.05, 0.1) is 63.3 Å². The van der Waals surface area contributed by atoms with Gasteiger partial charge in [-0.05, 0) is 119 Å². The molecule has 2 aliphatic carbocycles. The van der Waals surface area contributed by atoms with Crippen molar-refractivity contribution in [2.45, 2.75) is 19.6 Å². The first kappa shape index (κ1) is 85.3. The van der Waals surface area contributed by atoms with Gasteiger partial charge in [-0.15, -0.1) is 0 Å². The molecule has 2 heterocycles. The summed E-state index contributed by atoms with van der Waals surface area (Å²) in [7, 11) is -32.6. The van der Waals surface area contributed by atoms with Crippen LogP contribution in [-0.4, -0.2) is 131 Å². The number of carbonyl (C=O) groups excluding carboxylic acids is 2. The molecule has 48 heteroatoms. The molecule has 0 radical (unpaired) electrons. The predicted octanol–water partition coefficient (Wildman–Crippen LogP) is -14.9. The number of carbonyl (C=O) groups is 2. The number of rotatable bonds is 18. The molecule has 0 unspecified atom stereocenters. The number of hydrogen-bond donors (Lipinski definition) is 6. The second kappa shape index (κ2) is 33.9. The number of hydrogen-bond acceptors (Lipinski definition) is 34. The van der Waals surface area contributed by atoms with Gasteiger partial charge < -0.3 is 48.6 Å². The SMILES string of the molecule is O=C1/C(=N/Nc2ccccc2S(=O)(=O)[O-])C(S(=O)(=O)[O-])=Cc2cc(S(=O)(=O)[O-])cc(Nc3nc(Cl)nc(Nc4ccc(Nc5nc(Cl)nc(Nc6cc(S(=O)(=O)[O-])cc7c6C(=O)/C(=N/Nc6ccccc6S(=O)(=O)[O-])C(S(=O)(=O)[O-])=C7)n5)cc4)n3)c21.[K+].[K+].[K+].[Na+].[Na+].[Na+]. The third-order valence-electron chi connectivity index (χ3n) is 11.3. The van der Waals surface area contributed by atoms with E-state index in [0.29, 0.717) is 36.4 Å². The predicted molar refractivity (Wildman–Crippen MR) is 293 cm³/mol. The standard InChI is InChI=1S/C44H30Cl2N14O20S6.3K.3Na/c45-39-51-41(55-43(53-39)49-27-17-23(81(63,64)65)13-19-15-31(85(75,76)77)35(37(61)33(19)27)59-57-25-5-1-3-7-29(25)83(69,70)71)47-21-9-11-22(12-10-21)48-42-52-40(46)54-44(56-42)50-28-18-24(82(66,67)68)14-20-16-32(86(78,79)80)36(38(62)34(20)28)60-58-26-6-2-4-8-30(26)84(72,73)74;;;;;;/h1-18,57-58H,(H,63,64,65)(H,66,67,68)(H,69,70,71)(H,72,73,74)(H,75,76,77)(H,78,79,80)(H2,47,49,51,53,55)(H2,48,50,52,54,56);;;;;;/q;6*+1/p-6/b59-35+,60-36+;;;;;;. The quantitative estimate of drug-likeness (QED) is 0.0264. The molecule has 2 aliphatic rings. The normalized spacial score (nSPS) is 13.9. The van der Waals surface area contributed by atoms with E-state index >= 15 is 0 Å². The summed E-state index contributed by atoms with van der Waals surface area (Å²) >= 11 is 12.4. The van der Waals surface area contributed by atoms with Gasteiger partial charge in [-0.3, -0.25) is 20.4 Å². The fourth-order valence-corrected chi connectivity index (χ4v) is 11.7. The van der Waals surface area contributed by atoms with Crippen LogP contribution in [0.15, 0.2) is 137 Å².